The molecule has 2 amide bonds. The van der Waals surface area contributed by atoms with Crippen molar-refractivity contribution in [3.05, 3.63) is 82.3 Å². The van der Waals surface area contributed by atoms with E-state index < -0.39 is 11.4 Å². The van der Waals surface area contributed by atoms with E-state index in [-0.39, 0.29) is 39.7 Å². The number of carboxylic acids is 1. The van der Waals surface area contributed by atoms with Crippen LogP contribution < -0.4 is 15.5 Å². The third kappa shape index (κ3) is 5.33. The van der Waals surface area contributed by atoms with E-state index in [1.807, 2.05) is 24.3 Å². The molecule has 0 unspecified atom stereocenters. The highest BCUT2D eigenvalue weighted by Gasteiger charge is 2.45. The Kier molecular flexibility index (Phi) is 7.97. The molecule has 3 heterocycles. The Balaban J connectivity index is 1.70. The fourth-order valence-corrected chi connectivity index (χ4v) is 5.12. The molecule has 0 atom stereocenters. The number of halogens is 1. The zero-order valence-electron chi connectivity index (χ0n) is 21.5. The van der Waals surface area contributed by atoms with Gasteiger partial charge in [0.25, 0.3) is 5.91 Å². The van der Waals surface area contributed by atoms with E-state index in [1.54, 1.807) is 6.07 Å². The van der Waals surface area contributed by atoms with Crippen LogP contribution >= 0.6 is 11.6 Å². The summed E-state index contributed by atoms with van der Waals surface area (Å²) < 4.78 is 0. The molecule has 10 heteroatoms. The van der Waals surface area contributed by atoms with Gasteiger partial charge in [0.2, 0.25) is 5.91 Å². The lowest BCUT2D eigenvalue weighted by Gasteiger charge is -2.42. The number of nitrogens with zero attached hydrogens (tertiary/aromatic N) is 3. The molecule has 0 saturated carbocycles. The molecule has 0 bridgehead atoms. The van der Waals surface area contributed by atoms with Gasteiger partial charge in [0.15, 0.2) is 0 Å². The second kappa shape index (κ2) is 11.2. The highest BCUT2D eigenvalue weighted by atomic mass is 35.5. The molecule has 3 N–H and O–H groups in total. The van der Waals surface area contributed by atoms with Gasteiger partial charge in [-0.1, -0.05) is 49.7 Å². The molecule has 1 aliphatic heterocycles. The van der Waals surface area contributed by atoms with Gasteiger partial charge in [0, 0.05) is 26.3 Å². The predicted molar refractivity (Wildman–Crippen MR) is 146 cm³/mol. The summed E-state index contributed by atoms with van der Waals surface area (Å²) in [5.41, 5.74) is 1.79. The zero-order chi connectivity index (χ0) is 27.4. The van der Waals surface area contributed by atoms with Gasteiger partial charge in [-0.15, -0.1) is 0 Å². The first-order valence-electron chi connectivity index (χ1n) is 12.4. The number of amides is 2. The van der Waals surface area contributed by atoms with Crippen molar-refractivity contribution in [3.63, 3.8) is 0 Å². The summed E-state index contributed by atoms with van der Waals surface area (Å²) in [6.45, 7) is 5.25. The standard InChI is InChI=1S/C28H30ClN5O4/c1-17(2)19-6-4-5-7-21(19)28(27(38)33-22-16-31-23(29)14-20(22)25(35)30-3)10-12-34(13-11-28)24-9-8-18(15-32-24)26(36)37/h4-9,14-17H,10-13H2,1-3H3,(H,30,35)(H,33,38)(H,36,37). The first-order chi connectivity index (χ1) is 18.2. The van der Waals surface area contributed by atoms with E-state index in [9.17, 15) is 19.5 Å². The average Bonchev–Trinajstić information content (AvgIpc) is 2.93. The fraction of sp³-hybridized carbons (Fsp3) is 0.321. The Bertz CT molecular complexity index is 1350. The van der Waals surface area contributed by atoms with Crippen LogP contribution in [0.4, 0.5) is 11.5 Å². The summed E-state index contributed by atoms with van der Waals surface area (Å²) in [6.07, 6.45) is 3.71. The number of aromatic nitrogens is 2. The van der Waals surface area contributed by atoms with Crippen LogP contribution in [0, 0.1) is 0 Å². The number of nitrogens with one attached hydrogen (secondary N) is 2. The minimum atomic E-state index is -1.03. The van der Waals surface area contributed by atoms with Gasteiger partial charge in [-0.3, -0.25) is 9.59 Å². The Hall–Kier alpha value is -3.98. The molecule has 1 fully saturated rings. The maximum atomic E-state index is 14.2. The van der Waals surface area contributed by atoms with Gasteiger partial charge < -0.3 is 20.6 Å². The van der Waals surface area contributed by atoms with Crippen LogP contribution in [-0.2, 0) is 10.2 Å². The van der Waals surface area contributed by atoms with Crippen molar-refractivity contribution in [2.75, 3.05) is 30.4 Å². The minimum absolute atomic E-state index is 0.119. The smallest absolute Gasteiger partial charge is 0.337 e. The molecule has 0 spiro atoms. The van der Waals surface area contributed by atoms with Crippen molar-refractivity contribution < 1.29 is 19.5 Å². The van der Waals surface area contributed by atoms with Crippen molar-refractivity contribution in [2.24, 2.45) is 0 Å². The highest BCUT2D eigenvalue weighted by Crippen LogP contribution is 2.41. The summed E-state index contributed by atoms with van der Waals surface area (Å²) in [5, 5.41) is 14.9. The number of hydrogen-bond acceptors (Lipinski definition) is 6. The van der Waals surface area contributed by atoms with E-state index in [0.717, 1.165) is 11.1 Å². The minimum Gasteiger partial charge on any atom is -0.478 e. The molecule has 198 valence electrons. The Morgan fingerprint density at radius 2 is 1.76 bits per heavy atom. The number of piperidine rings is 1. The van der Waals surface area contributed by atoms with Crippen molar-refractivity contribution >= 4 is 40.9 Å². The van der Waals surface area contributed by atoms with E-state index in [1.165, 1.54) is 31.6 Å². The first-order valence-corrected chi connectivity index (χ1v) is 12.8. The molecule has 1 saturated heterocycles. The quantitative estimate of drug-likeness (QED) is 0.381. The molecule has 0 aliphatic carbocycles. The van der Waals surface area contributed by atoms with Crippen LogP contribution in [0.2, 0.25) is 5.15 Å². The van der Waals surface area contributed by atoms with Gasteiger partial charge in [-0.05, 0) is 48.1 Å². The summed E-state index contributed by atoms with van der Waals surface area (Å²) in [4.78, 5) is 48.3. The molecule has 2 aromatic heterocycles. The van der Waals surface area contributed by atoms with Crippen LogP contribution in [0.1, 0.15) is 64.4 Å². The summed E-state index contributed by atoms with van der Waals surface area (Å²) in [5.74, 6) is -0.792. The summed E-state index contributed by atoms with van der Waals surface area (Å²) in [6, 6.07) is 12.6. The lowest BCUT2D eigenvalue weighted by Crippen LogP contribution is -2.50. The summed E-state index contributed by atoms with van der Waals surface area (Å²) >= 11 is 6.04. The van der Waals surface area contributed by atoms with Crippen molar-refractivity contribution in [2.45, 2.75) is 38.0 Å². The second-order valence-electron chi connectivity index (χ2n) is 9.61. The molecule has 1 aromatic carbocycles. The first kappa shape index (κ1) is 27.1. The number of hydrogen-bond donors (Lipinski definition) is 3. The average molecular weight is 536 g/mol. The number of aromatic carboxylic acids is 1. The lowest BCUT2D eigenvalue weighted by molar-refractivity contribution is -0.122. The van der Waals surface area contributed by atoms with E-state index in [2.05, 4.69) is 39.3 Å². The van der Waals surface area contributed by atoms with Crippen molar-refractivity contribution in [1.82, 2.24) is 15.3 Å². The van der Waals surface area contributed by atoms with Gasteiger partial charge in [0.1, 0.15) is 11.0 Å². The highest BCUT2D eigenvalue weighted by molar-refractivity contribution is 6.30. The molecular formula is C28H30ClN5O4. The van der Waals surface area contributed by atoms with Gasteiger partial charge in [0.05, 0.1) is 28.4 Å². The van der Waals surface area contributed by atoms with Gasteiger partial charge in [-0.25, -0.2) is 14.8 Å². The number of rotatable bonds is 7. The van der Waals surface area contributed by atoms with E-state index in [4.69, 9.17) is 11.6 Å². The monoisotopic (exact) mass is 535 g/mol. The van der Waals surface area contributed by atoms with Crippen LogP contribution in [0.3, 0.4) is 0 Å². The number of carbonyl (C=O) groups excluding carboxylic acids is 2. The second-order valence-corrected chi connectivity index (χ2v) is 9.99. The van der Waals surface area contributed by atoms with Crippen molar-refractivity contribution in [1.29, 1.82) is 0 Å². The van der Waals surface area contributed by atoms with Crippen LogP contribution in [0.5, 0.6) is 0 Å². The maximum absolute atomic E-state index is 14.2. The van der Waals surface area contributed by atoms with E-state index >= 15 is 0 Å². The number of carbonyl (C=O) groups is 3. The normalized spacial score (nSPS) is 14.7. The number of carboxylic acid groups (broad SMARTS) is 1. The molecular weight excluding hydrogens is 506 g/mol. The van der Waals surface area contributed by atoms with Gasteiger partial charge >= 0.3 is 5.97 Å². The van der Waals surface area contributed by atoms with Crippen LogP contribution in [0.25, 0.3) is 0 Å². The number of pyridine rings is 2. The molecule has 9 nitrogen and oxygen atoms in total. The Labute approximate surface area is 226 Å². The summed E-state index contributed by atoms with van der Waals surface area (Å²) in [7, 11) is 1.51. The molecule has 0 radical (unpaired) electrons. The molecule has 38 heavy (non-hydrogen) atoms. The van der Waals surface area contributed by atoms with Gasteiger partial charge in [-0.2, -0.15) is 0 Å². The lowest BCUT2D eigenvalue weighted by atomic mass is 9.69. The predicted octanol–water partition coefficient (Wildman–Crippen LogP) is 4.49. The van der Waals surface area contributed by atoms with Crippen molar-refractivity contribution in [3.8, 4) is 0 Å². The molecule has 4 rings (SSSR count). The molecule has 1 aliphatic rings. The van der Waals surface area contributed by atoms with E-state index in [0.29, 0.717) is 31.7 Å². The third-order valence-electron chi connectivity index (χ3n) is 7.06. The largest absolute Gasteiger partial charge is 0.478 e. The van der Waals surface area contributed by atoms with Crippen LogP contribution in [-0.4, -0.2) is 53.0 Å². The fourth-order valence-electron chi connectivity index (χ4n) is 4.97. The Morgan fingerprint density at radius 1 is 1.05 bits per heavy atom. The Morgan fingerprint density at radius 3 is 2.37 bits per heavy atom. The SMILES string of the molecule is CNC(=O)c1cc(Cl)ncc1NC(=O)C1(c2ccccc2C(C)C)CCN(c2ccc(C(=O)O)cn2)CC1. The number of anilines is 2. The van der Waals surface area contributed by atoms with Crippen LogP contribution in [0.15, 0.2) is 54.9 Å². The maximum Gasteiger partial charge on any atom is 0.337 e. The topological polar surface area (TPSA) is 125 Å². The number of benzene rings is 1. The molecule has 3 aromatic rings. The zero-order valence-corrected chi connectivity index (χ0v) is 22.2. The third-order valence-corrected chi connectivity index (χ3v) is 7.27.